The van der Waals surface area contributed by atoms with Crippen molar-refractivity contribution >= 4 is 41.1 Å². The number of nitrogens with zero attached hydrogens (tertiary/aromatic N) is 3. The maximum absolute atomic E-state index is 14.3. The number of alkyl halides is 3. The van der Waals surface area contributed by atoms with E-state index in [1.807, 2.05) is 0 Å². The fraction of sp³-hybridized carbons (Fsp3) is 0.296. The number of nitrogens with one attached hydrogen (secondary N) is 3. The molecule has 13 heteroatoms. The lowest BCUT2D eigenvalue weighted by Gasteiger charge is -2.19. The van der Waals surface area contributed by atoms with Gasteiger partial charge in [-0.15, -0.1) is 0 Å². The van der Waals surface area contributed by atoms with E-state index >= 15 is 0 Å². The van der Waals surface area contributed by atoms with Crippen LogP contribution in [0.25, 0.3) is 17.0 Å². The second-order valence-electron chi connectivity index (χ2n) is 10.3. The SMILES string of the molecule is CC(C)(C)OC(=O)NSNc1cc(Nc2ccc(C(F)(F)F)cc2)nc(-c2c(C3CC3)nc3ccc(F)cn23)c1. The Kier molecular flexibility index (Phi) is 7.25. The van der Waals surface area contributed by atoms with Crippen LogP contribution in [0.5, 0.6) is 0 Å². The first-order valence-electron chi connectivity index (χ1n) is 12.4. The highest BCUT2D eigenvalue weighted by Crippen LogP contribution is 2.44. The Morgan fingerprint density at radius 2 is 1.75 bits per heavy atom. The number of ether oxygens (including phenoxy) is 1. The molecule has 3 heterocycles. The molecule has 0 saturated heterocycles. The molecule has 210 valence electrons. The number of hydrogen-bond donors (Lipinski definition) is 3. The van der Waals surface area contributed by atoms with Crippen LogP contribution >= 0.6 is 12.1 Å². The summed E-state index contributed by atoms with van der Waals surface area (Å²) in [7, 11) is 0. The Balaban J connectivity index is 1.50. The minimum absolute atomic E-state index is 0.214. The van der Waals surface area contributed by atoms with Gasteiger partial charge in [-0.05, 0) is 76.1 Å². The number of hydrogen-bond acceptors (Lipinski definition) is 7. The normalized spacial score (nSPS) is 13.8. The third-order valence-corrected chi connectivity index (χ3v) is 6.43. The lowest BCUT2D eigenvalue weighted by molar-refractivity contribution is -0.137. The van der Waals surface area contributed by atoms with Gasteiger partial charge in [0.1, 0.15) is 22.9 Å². The molecule has 1 saturated carbocycles. The Morgan fingerprint density at radius 1 is 1.02 bits per heavy atom. The summed E-state index contributed by atoms with van der Waals surface area (Å²) in [5.41, 5.74) is 1.87. The number of halogens is 4. The predicted molar refractivity (Wildman–Crippen MR) is 146 cm³/mol. The molecule has 0 aliphatic heterocycles. The van der Waals surface area contributed by atoms with Gasteiger partial charge >= 0.3 is 12.3 Å². The van der Waals surface area contributed by atoms with E-state index in [4.69, 9.17) is 14.7 Å². The molecule has 1 amide bonds. The van der Waals surface area contributed by atoms with Crippen LogP contribution in [0.15, 0.2) is 54.7 Å². The number of pyridine rings is 2. The largest absolute Gasteiger partial charge is 0.443 e. The maximum atomic E-state index is 14.3. The highest BCUT2D eigenvalue weighted by molar-refractivity contribution is 7.99. The molecule has 3 N–H and O–H groups in total. The summed E-state index contributed by atoms with van der Waals surface area (Å²) < 4.78 is 65.8. The van der Waals surface area contributed by atoms with Crippen LogP contribution in [0.3, 0.4) is 0 Å². The molecule has 1 aromatic carbocycles. The van der Waals surface area contributed by atoms with Gasteiger partial charge < -0.3 is 14.8 Å². The van der Waals surface area contributed by atoms with Crippen LogP contribution < -0.4 is 14.8 Å². The van der Waals surface area contributed by atoms with Crippen molar-refractivity contribution in [3.8, 4) is 11.4 Å². The molecular formula is C27H26F4N6O2S. The van der Waals surface area contributed by atoms with Gasteiger partial charge in [0.2, 0.25) is 0 Å². The summed E-state index contributed by atoms with van der Waals surface area (Å²) in [6.07, 6.45) is -1.86. The number of amides is 1. The van der Waals surface area contributed by atoms with Gasteiger partial charge in [-0.2, -0.15) is 13.2 Å². The van der Waals surface area contributed by atoms with Crippen molar-refractivity contribution in [1.29, 1.82) is 0 Å². The first-order valence-corrected chi connectivity index (χ1v) is 13.2. The molecule has 0 spiro atoms. The Bertz CT molecular complexity index is 1550. The van der Waals surface area contributed by atoms with Gasteiger partial charge in [0.05, 0.1) is 40.5 Å². The van der Waals surface area contributed by atoms with E-state index in [2.05, 4.69) is 14.8 Å². The fourth-order valence-corrected chi connectivity index (χ4v) is 4.44. The Morgan fingerprint density at radius 3 is 2.40 bits per heavy atom. The van der Waals surface area contributed by atoms with E-state index in [0.717, 1.165) is 42.8 Å². The number of benzene rings is 1. The van der Waals surface area contributed by atoms with Gasteiger partial charge in [0.15, 0.2) is 0 Å². The van der Waals surface area contributed by atoms with Crippen molar-refractivity contribution in [2.75, 3.05) is 10.0 Å². The van der Waals surface area contributed by atoms with E-state index in [9.17, 15) is 22.4 Å². The Hall–Kier alpha value is -4.00. The lowest BCUT2D eigenvalue weighted by atomic mass is 10.1. The third-order valence-electron chi connectivity index (χ3n) is 5.83. The van der Waals surface area contributed by atoms with Crippen LogP contribution in [-0.4, -0.2) is 26.1 Å². The van der Waals surface area contributed by atoms with Crippen molar-refractivity contribution in [3.63, 3.8) is 0 Å². The smallest absolute Gasteiger partial charge is 0.419 e. The van der Waals surface area contributed by atoms with Crippen LogP contribution in [0, 0.1) is 5.82 Å². The number of carbonyl (C=O) groups excluding carboxylic acids is 1. The molecule has 5 rings (SSSR count). The minimum Gasteiger partial charge on any atom is -0.443 e. The topological polar surface area (TPSA) is 92.6 Å². The molecule has 8 nitrogen and oxygen atoms in total. The average molecular weight is 575 g/mol. The molecular weight excluding hydrogens is 548 g/mol. The number of rotatable bonds is 7. The predicted octanol–water partition coefficient (Wildman–Crippen LogP) is 7.68. The quantitative estimate of drug-likeness (QED) is 0.154. The zero-order chi connectivity index (χ0) is 28.7. The molecule has 4 aromatic rings. The van der Waals surface area contributed by atoms with Crippen LogP contribution in [-0.2, 0) is 10.9 Å². The summed E-state index contributed by atoms with van der Waals surface area (Å²) >= 11 is 0.872. The van der Waals surface area contributed by atoms with Gasteiger partial charge in [-0.3, -0.25) is 4.40 Å². The molecule has 3 aromatic heterocycles. The molecule has 0 bridgehead atoms. The molecule has 0 atom stereocenters. The Labute approximate surface area is 231 Å². The lowest BCUT2D eigenvalue weighted by Crippen LogP contribution is -2.29. The standard InChI is InChI=1S/C27H26F4N6O2S/c1-26(2,3)39-25(38)36-40-35-19-12-20(24-23(15-4-5-15)34-22-11-8-17(28)14-37(22)24)33-21(13-19)32-18-9-6-16(7-10-18)27(29,30)31/h6-15H,4-5H2,1-3H3,(H,36,38)(H2,32,33,35). The monoisotopic (exact) mass is 574 g/mol. The van der Waals surface area contributed by atoms with E-state index < -0.39 is 29.3 Å². The minimum atomic E-state index is -4.45. The summed E-state index contributed by atoms with van der Waals surface area (Å²) in [6, 6.07) is 10.9. The molecule has 40 heavy (non-hydrogen) atoms. The molecule has 0 unspecified atom stereocenters. The van der Waals surface area contributed by atoms with Gasteiger partial charge in [0, 0.05) is 23.9 Å². The van der Waals surface area contributed by atoms with Crippen LogP contribution in [0.2, 0.25) is 0 Å². The summed E-state index contributed by atoms with van der Waals surface area (Å²) in [5.74, 6) is 0.0830. The van der Waals surface area contributed by atoms with Crippen molar-refractivity contribution in [1.82, 2.24) is 19.1 Å². The van der Waals surface area contributed by atoms with Gasteiger partial charge in [-0.25, -0.2) is 23.9 Å². The summed E-state index contributed by atoms with van der Waals surface area (Å²) in [6.45, 7) is 5.24. The highest BCUT2D eigenvalue weighted by Gasteiger charge is 2.32. The van der Waals surface area contributed by atoms with E-state index in [1.54, 1.807) is 43.4 Å². The number of carbonyl (C=O) groups is 1. The average Bonchev–Trinajstić information content (AvgIpc) is 3.63. The van der Waals surface area contributed by atoms with Crippen molar-refractivity contribution < 1.29 is 27.1 Å². The van der Waals surface area contributed by atoms with Crippen molar-refractivity contribution in [3.05, 3.63) is 71.8 Å². The number of fused-ring (bicyclic) bond motifs is 1. The molecule has 1 fully saturated rings. The molecule has 1 aliphatic carbocycles. The van der Waals surface area contributed by atoms with Crippen molar-refractivity contribution in [2.24, 2.45) is 0 Å². The second kappa shape index (κ2) is 10.5. The first kappa shape index (κ1) is 27.6. The van der Waals surface area contributed by atoms with E-state index in [-0.39, 0.29) is 5.92 Å². The maximum Gasteiger partial charge on any atom is 0.419 e. The molecule has 0 radical (unpaired) electrons. The number of aromatic nitrogens is 3. The number of imidazole rings is 1. The zero-order valence-electron chi connectivity index (χ0n) is 21.8. The summed E-state index contributed by atoms with van der Waals surface area (Å²) in [4.78, 5) is 21.5. The summed E-state index contributed by atoms with van der Waals surface area (Å²) in [5, 5.41) is 3.04. The zero-order valence-corrected chi connectivity index (χ0v) is 22.6. The number of anilines is 3. The van der Waals surface area contributed by atoms with E-state index in [0.29, 0.717) is 34.2 Å². The van der Waals surface area contributed by atoms with Gasteiger partial charge in [-0.1, -0.05) is 0 Å². The van der Waals surface area contributed by atoms with Gasteiger partial charge in [0.25, 0.3) is 0 Å². The second-order valence-corrected chi connectivity index (χ2v) is 10.9. The fourth-order valence-electron chi connectivity index (χ4n) is 4.02. The highest BCUT2D eigenvalue weighted by atomic mass is 32.2. The van der Waals surface area contributed by atoms with Crippen molar-refractivity contribution in [2.45, 2.75) is 51.3 Å². The molecule has 1 aliphatic rings. The van der Waals surface area contributed by atoms with Crippen LogP contribution in [0.1, 0.15) is 50.8 Å². The van der Waals surface area contributed by atoms with E-state index in [1.165, 1.54) is 24.4 Å². The third kappa shape index (κ3) is 6.58. The first-order chi connectivity index (χ1) is 18.9. The van der Waals surface area contributed by atoms with Crippen LogP contribution in [0.4, 0.5) is 39.5 Å².